The number of carboxylic acid groups (broad SMARTS) is 1. The molecular formula is C26H29ClF3NO5. The number of amides is 1. The fraction of sp³-hybridized carbons (Fsp3) is 0.462. The Kier molecular flexibility index (Phi) is 7.56. The lowest BCUT2D eigenvalue weighted by Gasteiger charge is -2.32. The summed E-state index contributed by atoms with van der Waals surface area (Å²) in [5, 5.41) is 12.7. The van der Waals surface area contributed by atoms with Crippen LogP contribution in [-0.2, 0) is 35.2 Å². The van der Waals surface area contributed by atoms with Gasteiger partial charge < -0.3 is 19.9 Å². The molecule has 1 aliphatic heterocycles. The largest absolute Gasteiger partial charge is 0.488 e. The molecular weight excluding hydrogens is 499 g/mol. The van der Waals surface area contributed by atoms with Gasteiger partial charge in [0.05, 0.1) is 11.0 Å². The molecule has 0 aromatic heterocycles. The zero-order valence-electron chi connectivity index (χ0n) is 20.7. The summed E-state index contributed by atoms with van der Waals surface area (Å²) in [6.45, 7) is 7.74. The molecule has 36 heavy (non-hydrogen) atoms. The Morgan fingerprint density at radius 3 is 2.50 bits per heavy atom. The first-order valence-electron chi connectivity index (χ1n) is 11.4. The summed E-state index contributed by atoms with van der Waals surface area (Å²) in [7, 11) is 0. The Balaban J connectivity index is 1.90. The molecule has 2 aromatic rings. The van der Waals surface area contributed by atoms with Crippen molar-refractivity contribution in [2.45, 2.75) is 71.9 Å². The monoisotopic (exact) mass is 527 g/mol. The molecule has 0 fully saturated rings. The lowest BCUT2D eigenvalue weighted by atomic mass is 9.77. The fourth-order valence-electron chi connectivity index (χ4n) is 4.34. The van der Waals surface area contributed by atoms with Gasteiger partial charge in [0.15, 0.2) is 0 Å². The highest BCUT2D eigenvalue weighted by Crippen LogP contribution is 2.42. The van der Waals surface area contributed by atoms with Crippen LogP contribution in [0.5, 0.6) is 11.5 Å². The number of ether oxygens (including phenoxy) is 2. The van der Waals surface area contributed by atoms with Crippen LogP contribution in [0.4, 0.5) is 13.2 Å². The Morgan fingerprint density at radius 1 is 1.25 bits per heavy atom. The highest BCUT2D eigenvalue weighted by Gasteiger charge is 2.41. The van der Waals surface area contributed by atoms with E-state index in [1.54, 1.807) is 12.1 Å². The van der Waals surface area contributed by atoms with Gasteiger partial charge in [-0.25, -0.2) is 0 Å². The average molecular weight is 528 g/mol. The minimum absolute atomic E-state index is 0.144. The van der Waals surface area contributed by atoms with E-state index in [4.69, 9.17) is 21.1 Å². The van der Waals surface area contributed by atoms with Crippen molar-refractivity contribution in [2.75, 3.05) is 0 Å². The Morgan fingerprint density at radius 2 is 1.92 bits per heavy atom. The second-order valence-electron chi connectivity index (χ2n) is 10.0. The van der Waals surface area contributed by atoms with Crippen LogP contribution in [0.3, 0.4) is 0 Å². The van der Waals surface area contributed by atoms with Gasteiger partial charge in [0.25, 0.3) is 0 Å². The van der Waals surface area contributed by atoms with Gasteiger partial charge >= 0.3 is 12.1 Å². The molecule has 2 unspecified atom stereocenters. The molecule has 3 rings (SSSR count). The molecule has 0 saturated heterocycles. The first-order chi connectivity index (χ1) is 16.5. The van der Waals surface area contributed by atoms with Crippen molar-refractivity contribution in [3.05, 3.63) is 57.6 Å². The van der Waals surface area contributed by atoms with Crippen molar-refractivity contribution in [1.82, 2.24) is 5.32 Å². The number of aliphatic carboxylic acids is 1. The number of fused-ring (bicyclic) bond motifs is 1. The van der Waals surface area contributed by atoms with Gasteiger partial charge in [-0.1, -0.05) is 17.7 Å². The maximum absolute atomic E-state index is 14.0. The summed E-state index contributed by atoms with van der Waals surface area (Å²) < 4.78 is 53.5. The number of halogens is 4. The van der Waals surface area contributed by atoms with E-state index in [0.29, 0.717) is 22.8 Å². The van der Waals surface area contributed by atoms with Gasteiger partial charge in [0.2, 0.25) is 5.91 Å². The number of carbonyl (C=O) groups excluding carboxylic acids is 1. The number of rotatable bonds is 8. The van der Waals surface area contributed by atoms with Crippen molar-refractivity contribution < 1.29 is 37.3 Å². The van der Waals surface area contributed by atoms with Crippen molar-refractivity contribution in [1.29, 1.82) is 0 Å². The van der Waals surface area contributed by atoms with Crippen molar-refractivity contribution in [3.8, 4) is 11.5 Å². The third-order valence-corrected chi connectivity index (χ3v) is 6.59. The van der Waals surface area contributed by atoms with Gasteiger partial charge in [0.1, 0.15) is 23.7 Å². The molecule has 2 atom stereocenters. The van der Waals surface area contributed by atoms with Crippen LogP contribution in [0.2, 0.25) is 5.02 Å². The van der Waals surface area contributed by atoms with Crippen LogP contribution in [0.25, 0.3) is 0 Å². The van der Waals surface area contributed by atoms with Crippen LogP contribution in [-0.4, -0.2) is 28.6 Å². The minimum Gasteiger partial charge on any atom is -0.488 e. The molecule has 1 aliphatic rings. The molecule has 1 amide bonds. The third kappa shape index (κ3) is 6.06. The number of hydrogen-bond acceptors (Lipinski definition) is 4. The molecule has 1 heterocycles. The lowest BCUT2D eigenvalue weighted by Crippen LogP contribution is -2.49. The topological polar surface area (TPSA) is 84.9 Å². The number of carbonyl (C=O) groups is 2. The van der Waals surface area contributed by atoms with Crippen molar-refractivity contribution >= 4 is 23.5 Å². The standard InChI is InChI=1S/C26H29ClF3NO5/c1-14(31-15(2)32)25(5,23(33)34)11-16-6-7-21(20(8-16)26(28,29)30)35-13-18-10-19(27)9-17-12-24(3,4)36-22(17)18/h6-10,14H,11-13H2,1-5H3,(H,31,32)(H,33,34). The molecule has 196 valence electrons. The van der Waals surface area contributed by atoms with E-state index in [9.17, 15) is 27.9 Å². The molecule has 2 N–H and O–H groups in total. The van der Waals surface area contributed by atoms with Crippen molar-refractivity contribution in [2.24, 2.45) is 5.41 Å². The molecule has 0 aliphatic carbocycles. The normalized spacial score (nSPS) is 16.9. The highest BCUT2D eigenvalue weighted by atomic mass is 35.5. The molecule has 0 spiro atoms. The molecule has 0 radical (unpaired) electrons. The SMILES string of the molecule is CC(=O)NC(C)C(C)(Cc1ccc(OCc2cc(Cl)cc3c2OC(C)(C)C3)c(C(F)(F)F)c1)C(=O)O. The second-order valence-corrected chi connectivity index (χ2v) is 10.5. The van der Waals surface area contributed by atoms with Gasteiger partial charge in [-0.2, -0.15) is 13.2 Å². The Labute approximate surface area is 212 Å². The van der Waals surface area contributed by atoms with Crippen LogP contribution in [0.1, 0.15) is 56.9 Å². The first kappa shape index (κ1) is 27.6. The molecule has 10 heteroatoms. The van der Waals surface area contributed by atoms with E-state index < -0.39 is 46.4 Å². The van der Waals surface area contributed by atoms with E-state index in [0.717, 1.165) is 11.6 Å². The maximum atomic E-state index is 14.0. The van der Waals surface area contributed by atoms with Crippen LogP contribution in [0, 0.1) is 5.41 Å². The number of hydrogen-bond donors (Lipinski definition) is 2. The molecule has 0 bridgehead atoms. The molecule has 6 nitrogen and oxygen atoms in total. The number of carboxylic acids is 1. The van der Waals surface area contributed by atoms with Crippen LogP contribution < -0.4 is 14.8 Å². The second kappa shape index (κ2) is 9.84. The van der Waals surface area contributed by atoms with Crippen LogP contribution in [0.15, 0.2) is 30.3 Å². The molecule has 0 saturated carbocycles. The van der Waals surface area contributed by atoms with Gasteiger partial charge in [-0.05, 0) is 69.5 Å². The number of nitrogens with one attached hydrogen (secondary N) is 1. The zero-order chi connectivity index (χ0) is 27.1. The summed E-state index contributed by atoms with van der Waals surface area (Å²) in [4.78, 5) is 23.4. The summed E-state index contributed by atoms with van der Waals surface area (Å²) in [5.41, 5.74) is -1.50. The van der Waals surface area contributed by atoms with E-state index in [1.807, 2.05) is 13.8 Å². The third-order valence-electron chi connectivity index (χ3n) is 6.37. The van der Waals surface area contributed by atoms with Gasteiger partial charge in [0, 0.05) is 30.0 Å². The van der Waals surface area contributed by atoms with Gasteiger partial charge in [-0.3, -0.25) is 9.59 Å². The predicted molar refractivity (Wildman–Crippen MR) is 128 cm³/mol. The fourth-order valence-corrected chi connectivity index (χ4v) is 4.61. The quantitative estimate of drug-likeness (QED) is 0.452. The van der Waals surface area contributed by atoms with Gasteiger partial charge in [-0.15, -0.1) is 0 Å². The summed E-state index contributed by atoms with van der Waals surface area (Å²) in [6, 6.07) is 6.01. The van der Waals surface area contributed by atoms with E-state index in [2.05, 4.69) is 5.32 Å². The summed E-state index contributed by atoms with van der Waals surface area (Å²) >= 11 is 6.21. The Hall–Kier alpha value is -2.94. The Bertz CT molecular complexity index is 1180. The first-order valence-corrected chi connectivity index (χ1v) is 11.7. The predicted octanol–water partition coefficient (Wildman–Crippen LogP) is 5.81. The summed E-state index contributed by atoms with van der Waals surface area (Å²) in [6.07, 6.45) is -4.38. The minimum atomic E-state index is -4.75. The van der Waals surface area contributed by atoms with Crippen LogP contribution >= 0.6 is 11.6 Å². The molecule has 2 aromatic carbocycles. The van der Waals surface area contributed by atoms with E-state index in [1.165, 1.54) is 32.9 Å². The zero-order valence-corrected chi connectivity index (χ0v) is 21.4. The lowest BCUT2D eigenvalue weighted by molar-refractivity contribution is -0.149. The number of benzene rings is 2. The van der Waals surface area contributed by atoms with Crippen molar-refractivity contribution in [3.63, 3.8) is 0 Å². The summed E-state index contributed by atoms with van der Waals surface area (Å²) in [5.74, 6) is -1.52. The maximum Gasteiger partial charge on any atom is 0.419 e. The van der Waals surface area contributed by atoms with E-state index in [-0.39, 0.29) is 18.6 Å². The average Bonchev–Trinajstić information content (AvgIpc) is 3.04. The smallest absolute Gasteiger partial charge is 0.419 e. The number of alkyl halides is 3. The highest BCUT2D eigenvalue weighted by molar-refractivity contribution is 6.30. The van der Waals surface area contributed by atoms with E-state index >= 15 is 0 Å².